The lowest BCUT2D eigenvalue weighted by Crippen LogP contribution is -2.02. The summed E-state index contributed by atoms with van der Waals surface area (Å²) in [6.45, 7) is 5.51. The molecule has 1 rings (SSSR count). The third-order valence-electron chi connectivity index (χ3n) is 2.77. The number of hydrogen-bond acceptors (Lipinski definition) is 2. The minimum Gasteiger partial charge on any atom is -0.490 e. The van der Waals surface area contributed by atoms with Crippen molar-refractivity contribution in [1.82, 2.24) is 0 Å². The molecular weight excluding hydrogens is 328 g/mol. The number of hydrogen-bond donors (Lipinski definition) is 0. The summed E-state index contributed by atoms with van der Waals surface area (Å²) in [6.07, 6.45) is 4.77. The quantitative estimate of drug-likeness (QED) is 0.430. The van der Waals surface area contributed by atoms with Crippen LogP contribution in [0.4, 0.5) is 0 Å². The van der Waals surface area contributed by atoms with E-state index in [1.807, 2.05) is 19.1 Å². The lowest BCUT2D eigenvalue weighted by Gasteiger charge is -2.15. The van der Waals surface area contributed by atoms with Crippen LogP contribution in [0.1, 0.15) is 45.1 Å². The Balaban J connectivity index is 2.68. The third-order valence-corrected chi connectivity index (χ3v) is 3.67. The second-order valence-electron chi connectivity index (χ2n) is 4.38. The van der Waals surface area contributed by atoms with Crippen LogP contribution >= 0.6 is 27.5 Å². The largest absolute Gasteiger partial charge is 0.490 e. The van der Waals surface area contributed by atoms with Crippen molar-refractivity contribution in [1.29, 1.82) is 0 Å². The van der Waals surface area contributed by atoms with Gasteiger partial charge in [-0.3, -0.25) is 0 Å². The predicted molar refractivity (Wildman–Crippen MR) is 84.5 cm³/mol. The first-order valence-electron chi connectivity index (χ1n) is 6.86. The Morgan fingerprint density at radius 3 is 2.53 bits per heavy atom. The highest BCUT2D eigenvalue weighted by atomic mass is 79.9. The van der Waals surface area contributed by atoms with Gasteiger partial charge in [0.2, 0.25) is 0 Å². The number of unbranched alkanes of at least 4 members (excludes halogenated alkanes) is 3. The van der Waals surface area contributed by atoms with Gasteiger partial charge in [0.25, 0.3) is 0 Å². The first-order chi connectivity index (χ1) is 9.22. The van der Waals surface area contributed by atoms with Crippen LogP contribution in [-0.4, -0.2) is 13.2 Å². The molecule has 2 nitrogen and oxygen atoms in total. The predicted octanol–water partition coefficient (Wildman–Crippen LogP) is 5.55. The van der Waals surface area contributed by atoms with Crippen molar-refractivity contribution >= 4 is 27.5 Å². The van der Waals surface area contributed by atoms with Gasteiger partial charge in [-0.05, 0) is 47.0 Å². The molecule has 0 radical (unpaired) electrons. The molecule has 0 aliphatic carbocycles. The summed E-state index contributed by atoms with van der Waals surface area (Å²) in [5.74, 6) is 2.02. The molecule has 0 saturated heterocycles. The van der Waals surface area contributed by atoms with Gasteiger partial charge in [0.15, 0.2) is 11.5 Å². The molecule has 0 aromatic heterocycles. The van der Waals surface area contributed by atoms with Gasteiger partial charge in [0.1, 0.15) is 0 Å². The van der Waals surface area contributed by atoms with E-state index in [2.05, 4.69) is 22.9 Å². The Bertz CT molecular complexity index is 383. The van der Waals surface area contributed by atoms with Crippen LogP contribution in [0.2, 0.25) is 0 Å². The maximum Gasteiger partial charge on any atom is 0.175 e. The fraction of sp³-hybridized carbons (Fsp3) is 0.600. The van der Waals surface area contributed by atoms with E-state index in [-0.39, 0.29) is 0 Å². The fourth-order valence-corrected chi connectivity index (χ4v) is 2.56. The molecule has 0 spiro atoms. The van der Waals surface area contributed by atoms with Crippen LogP contribution in [0.15, 0.2) is 16.6 Å². The van der Waals surface area contributed by atoms with Crippen molar-refractivity contribution in [3.05, 3.63) is 22.2 Å². The van der Waals surface area contributed by atoms with Crippen molar-refractivity contribution in [2.75, 3.05) is 13.2 Å². The van der Waals surface area contributed by atoms with Gasteiger partial charge in [-0.25, -0.2) is 0 Å². The molecule has 0 unspecified atom stereocenters. The summed E-state index contributed by atoms with van der Waals surface area (Å²) in [6, 6.07) is 3.93. The van der Waals surface area contributed by atoms with Gasteiger partial charge >= 0.3 is 0 Å². The Labute approximate surface area is 129 Å². The molecule has 0 fully saturated rings. The van der Waals surface area contributed by atoms with Gasteiger partial charge in [0.05, 0.1) is 17.7 Å². The topological polar surface area (TPSA) is 18.5 Å². The molecule has 0 aliphatic heterocycles. The van der Waals surface area contributed by atoms with Gasteiger partial charge in [-0.2, -0.15) is 0 Å². The molecule has 0 saturated carbocycles. The lowest BCUT2D eigenvalue weighted by molar-refractivity contribution is 0.269. The van der Waals surface area contributed by atoms with E-state index >= 15 is 0 Å². The zero-order valence-electron chi connectivity index (χ0n) is 11.7. The minimum absolute atomic E-state index is 0.468. The fourth-order valence-electron chi connectivity index (χ4n) is 1.80. The smallest absolute Gasteiger partial charge is 0.175 e. The van der Waals surface area contributed by atoms with Crippen LogP contribution in [0.25, 0.3) is 0 Å². The van der Waals surface area contributed by atoms with Gasteiger partial charge in [-0.15, -0.1) is 11.6 Å². The SMILES string of the molecule is CCCCCCOc1c(Br)cc(CCl)cc1OCC. The van der Waals surface area contributed by atoms with E-state index in [4.69, 9.17) is 21.1 Å². The van der Waals surface area contributed by atoms with Crippen molar-refractivity contribution in [2.24, 2.45) is 0 Å². The number of ether oxygens (including phenoxy) is 2. The maximum absolute atomic E-state index is 5.87. The molecule has 19 heavy (non-hydrogen) atoms. The van der Waals surface area contributed by atoms with Crippen LogP contribution < -0.4 is 9.47 Å². The summed E-state index contributed by atoms with van der Waals surface area (Å²) < 4.78 is 12.4. The summed E-state index contributed by atoms with van der Waals surface area (Å²) in [5.41, 5.74) is 1.02. The first kappa shape index (κ1) is 16.6. The zero-order chi connectivity index (χ0) is 14.1. The molecule has 0 heterocycles. The average Bonchev–Trinajstić information content (AvgIpc) is 2.41. The molecule has 0 bridgehead atoms. The zero-order valence-corrected chi connectivity index (χ0v) is 14.0. The van der Waals surface area contributed by atoms with E-state index in [1.165, 1.54) is 19.3 Å². The van der Waals surface area contributed by atoms with Gasteiger partial charge < -0.3 is 9.47 Å². The molecular formula is C15H22BrClO2. The molecule has 4 heteroatoms. The Kier molecular flexibility index (Phi) is 8.31. The van der Waals surface area contributed by atoms with E-state index in [0.29, 0.717) is 12.5 Å². The Morgan fingerprint density at radius 1 is 1.11 bits per heavy atom. The van der Waals surface area contributed by atoms with Crippen molar-refractivity contribution < 1.29 is 9.47 Å². The van der Waals surface area contributed by atoms with E-state index < -0.39 is 0 Å². The van der Waals surface area contributed by atoms with E-state index in [9.17, 15) is 0 Å². The monoisotopic (exact) mass is 348 g/mol. The third kappa shape index (κ3) is 5.62. The second-order valence-corrected chi connectivity index (χ2v) is 5.50. The first-order valence-corrected chi connectivity index (χ1v) is 8.19. The number of alkyl halides is 1. The summed E-state index contributed by atoms with van der Waals surface area (Å²) >= 11 is 9.40. The molecule has 1 aromatic carbocycles. The van der Waals surface area contributed by atoms with Crippen LogP contribution in [0, 0.1) is 0 Å². The highest BCUT2D eigenvalue weighted by Crippen LogP contribution is 2.37. The molecule has 108 valence electrons. The second kappa shape index (κ2) is 9.49. The minimum atomic E-state index is 0.468. The van der Waals surface area contributed by atoms with Crippen molar-refractivity contribution in [3.63, 3.8) is 0 Å². The summed E-state index contributed by atoms with van der Waals surface area (Å²) in [5, 5.41) is 0. The molecule has 0 aliphatic rings. The van der Waals surface area contributed by atoms with Crippen LogP contribution in [0.5, 0.6) is 11.5 Å². The van der Waals surface area contributed by atoms with Gasteiger partial charge in [-0.1, -0.05) is 26.2 Å². The van der Waals surface area contributed by atoms with Crippen LogP contribution in [-0.2, 0) is 5.88 Å². The standard InChI is InChI=1S/C15H22BrClO2/c1-3-5-6-7-8-19-15-13(16)9-12(11-17)10-14(15)18-4-2/h9-10H,3-8,11H2,1-2H3. The maximum atomic E-state index is 5.87. The lowest BCUT2D eigenvalue weighted by atomic mass is 10.2. The number of halogens is 2. The van der Waals surface area contributed by atoms with Crippen molar-refractivity contribution in [3.8, 4) is 11.5 Å². The molecule has 0 N–H and O–H groups in total. The summed E-state index contributed by atoms with van der Waals surface area (Å²) in [7, 11) is 0. The normalized spacial score (nSPS) is 10.5. The van der Waals surface area contributed by atoms with Gasteiger partial charge in [0, 0.05) is 5.88 Å². The number of benzene rings is 1. The van der Waals surface area contributed by atoms with E-state index in [1.54, 1.807) is 0 Å². The van der Waals surface area contributed by atoms with Crippen LogP contribution in [0.3, 0.4) is 0 Å². The Hall–Kier alpha value is -0.410. The Morgan fingerprint density at radius 2 is 1.89 bits per heavy atom. The summed E-state index contributed by atoms with van der Waals surface area (Å²) in [4.78, 5) is 0. The average molecular weight is 350 g/mol. The number of rotatable bonds is 9. The molecule has 0 amide bonds. The van der Waals surface area contributed by atoms with E-state index in [0.717, 1.165) is 34.6 Å². The molecule has 0 atom stereocenters. The highest BCUT2D eigenvalue weighted by molar-refractivity contribution is 9.10. The highest BCUT2D eigenvalue weighted by Gasteiger charge is 2.11. The molecule has 1 aromatic rings. The van der Waals surface area contributed by atoms with Crippen molar-refractivity contribution in [2.45, 2.75) is 45.4 Å².